The van der Waals surface area contributed by atoms with Crippen LogP contribution in [0.2, 0.25) is 0 Å². The summed E-state index contributed by atoms with van der Waals surface area (Å²) in [6.07, 6.45) is 0.649. The Kier molecular flexibility index (Phi) is 4.06. The van der Waals surface area contributed by atoms with Crippen molar-refractivity contribution < 1.29 is 28.6 Å². The van der Waals surface area contributed by atoms with Crippen molar-refractivity contribution in [2.24, 2.45) is 23.7 Å². The highest BCUT2D eigenvalue weighted by molar-refractivity contribution is 9.09. The maximum Gasteiger partial charge on any atom is 0.310 e. The number of hydrogen-bond donors (Lipinski definition) is 0. The van der Waals surface area contributed by atoms with Crippen molar-refractivity contribution in [1.82, 2.24) is 0 Å². The summed E-state index contributed by atoms with van der Waals surface area (Å²) in [5.41, 5.74) is 0.445. The third-order valence-corrected chi connectivity index (χ3v) is 6.75. The minimum atomic E-state index is -0.524. The maximum absolute atomic E-state index is 12.5. The van der Waals surface area contributed by atoms with Crippen LogP contribution in [0.15, 0.2) is 24.3 Å². The van der Waals surface area contributed by atoms with Crippen LogP contribution >= 0.6 is 15.9 Å². The molecule has 4 rings (SSSR count). The summed E-state index contributed by atoms with van der Waals surface area (Å²) in [6, 6.07) is 6.60. The molecule has 6 nitrogen and oxygen atoms in total. The Bertz CT molecular complexity index is 730. The number of Topliss-reactive ketones (excluding diaryl/α,β-unsaturated/α-hetero) is 1. The second kappa shape index (κ2) is 6.12. The molecule has 1 aromatic carbocycles. The summed E-state index contributed by atoms with van der Waals surface area (Å²) in [7, 11) is 1.55. The molecule has 1 aliphatic heterocycles. The van der Waals surface area contributed by atoms with Crippen LogP contribution in [-0.2, 0) is 19.1 Å². The van der Waals surface area contributed by atoms with Gasteiger partial charge in [0.05, 0.1) is 23.8 Å². The molecule has 0 N–H and O–H groups in total. The van der Waals surface area contributed by atoms with Crippen molar-refractivity contribution in [2.75, 3.05) is 13.7 Å². The third-order valence-electron chi connectivity index (χ3n) is 5.55. The van der Waals surface area contributed by atoms with E-state index in [9.17, 15) is 14.4 Å². The quantitative estimate of drug-likeness (QED) is 0.421. The van der Waals surface area contributed by atoms with E-state index in [0.29, 0.717) is 11.3 Å². The largest absolute Gasteiger partial charge is 0.497 e. The van der Waals surface area contributed by atoms with Crippen molar-refractivity contribution in [1.29, 1.82) is 0 Å². The summed E-state index contributed by atoms with van der Waals surface area (Å²) < 4.78 is 15.7. The molecular formula is C18H17BrO6. The topological polar surface area (TPSA) is 78.9 Å². The van der Waals surface area contributed by atoms with Crippen LogP contribution in [0.4, 0.5) is 0 Å². The Hall–Kier alpha value is -1.89. The van der Waals surface area contributed by atoms with E-state index >= 15 is 0 Å². The van der Waals surface area contributed by atoms with Gasteiger partial charge in [0.1, 0.15) is 11.9 Å². The number of ketones is 1. The fourth-order valence-corrected chi connectivity index (χ4v) is 5.43. The zero-order valence-electron chi connectivity index (χ0n) is 13.5. The Balaban J connectivity index is 1.41. The van der Waals surface area contributed by atoms with Crippen LogP contribution in [0.5, 0.6) is 5.75 Å². The Morgan fingerprint density at radius 3 is 2.64 bits per heavy atom. The molecule has 1 aromatic rings. The van der Waals surface area contributed by atoms with Crippen LogP contribution < -0.4 is 4.74 Å². The molecule has 132 valence electrons. The summed E-state index contributed by atoms with van der Waals surface area (Å²) in [5, 5.41) is 0. The van der Waals surface area contributed by atoms with Crippen molar-refractivity contribution in [3.05, 3.63) is 29.8 Å². The summed E-state index contributed by atoms with van der Waals surface area (Å²) in [5.74, 6) is -1.29. The number of alkyl halides is 1. The zero-order chi connectivity index (χ0) is 17.7. The first-order chi connectivity index (χ1) is 12.0. The second-order valence-corrected chi connectivity index (χ2v) is 7.78. The minimum absolute atomic E-state index is 0.0185. The molecular weight excluding hydrogens is 392 g/mol. The molecule has 0 spiro atoms. The van der Waals surface area contributed by atoms with Gasteiger partial charge in [0.15, 0.2) is 12.4 Å². The number of carbonyl (C=O) groups excluding carboxylic acids is 3. The molecule has 2 saturated carbocycles. The average Bonchev–Trinajstić information content (AvgIpc) is 3.23. The number of ether oxygens (including phenoxy) is 3. The first-order valence-corrected chi connectivity index (χ1v) is 9.11. The van der Waals surface area contributed by atoms with E-state index in [-0.39, 0.29) is 41.1 Å². The number of methoxy groups -OCH3 is 1. The number of fused-ring (bicyclic) bond motifs is 1. The number of halogens is 1. The van der Waals surface area contributed by atoms with Gasteiger partial charge >= 0.3 is 11.9 Å². The van der Waals surface area contributed by atoms with Gasteiger partial charge in [0.2, 0.25) is 0 Å². The first-order valence-electron chi connectivity index (χ1n) is 8.19. The lowest BCUT2D eigenvalue weighted by Crippen LogP contribution is -2.39. The predicted molar refractivity (Wildman–Crippen MR) is 89.5 cm³/mol. The van der Waals surface area contributed by atoms with E-state index in [2.05, 4.69) is 15.9 Å². The number of esters is 2. The number of hydrogen-bond acceptors (Lipinski definition) is 6. The fraction of sp³-hybridized carbons (Fsp3) is 0.500. The molecule has 25 heavy (non-hydrogen) atoms. The Morgan fingerprint density at radius 1 is 1.24 bits per heavy atom. The maximum atomic E-state index is 12.5. The van der Waals surface area contributed by atoms with Crippen molar-refractivity contribution >= 4 is 33.7 Å². The number of benzene rings is 1. The summed E-state index contributed by atoms with van der Waals surface area (Å²) >= 11 is 3.55. The molecule has 3 aliphatic rings. The van der Waals surface area contributed by atoms with Gasteiger partial charge in [0.25, 0.3) is 0 Å². The zero-order valence-corrected chi connectivity index (χ0v) is 15.1. The molecule has 7 heteroatoms. The van der Waals surface area contributed by atoms with E-state index in [4.69, 9.17) is 14.2 Å². The van der Waals surface area contributed by atoms with Crippen LogP contribution in [0.25, 0.3) is 0 Å². The molecule has 0 radical (unpaired) electrons. The van der Waals surface area contributed by atoms with E-state index in [0.717, 1.165) is 6.42 Å². The summed E-state index contributed by atoms with van der Waals surface area (Å²) in [6.45, 7) is -0.336. The molecule has 3 fully saturated rings. The molecule has 1 saturated heterocycles. The fourth-order valence-electron chi connectivity index (χ4n) is 4.39. The molecule has 0 aromatic heterocycles. The van der Waals surface area contributed by atoms with E-state index in [1.807, 2.05) is 0 Å². The third kappa shape index (κ3) is 2.56. The Labute approximate surface area is 152 Å². The normalized spacial score (nSPS) is 34.7. The first kappa shape index (κ1) is 16.6. The average molecular weight is 409 g/mol. The molecule has 2 bridgehead atoms. The predicted octanol–water partition coefficient (Wildman–Crippen LogP) is 1.99. The van der Waals surface area contributed by atoms with E-state index < -0.39 is 17.8 Å². The standard InChI is InChI=1S/C18H17BrO6/c1-23-9-4-2-8(3-5-9)12(20)7-24-17(21)13-10-6-11-14(13)18(22)25-16(11)15(10)19/h2-5,10-11,13-16H,6-7H2,1H3/t10-,11-,13-,14-,15+,16+/m1/s1. The van der Waals surface area contributed by atoms with Gasteiger partial charge in [-0.2, -0.15) is 0 Å². The summed E-state index contributed by atoms with van der Waals surface area (Å²) in [4.78, 5) is 36.7. The van der Waals surface area contributed by atoms with Gasteiger partial charge in [-0.15, -0.1) is 0 Å². The lowest BCUT2D eigenvalue weighted by atomic mass is 9.80. The van der Waals surface area contributed by atoms with Crippen LogP contribution in [0, 0.1) is 23.7 Å². The van der Waals surface area contributed by atoms with Gasteiger partial charge < -0.3 is 14.2 Å². The second-order valence-electron chi connectivity index (χ2n) is 6.72. The number of carbonyl (C=O) groups is 3. The Morgan fingerprint density at radius 2 is 1.96 bits per heavy atom. The highest BCUT2D eigenvalue weighted by Gasteiger charge is 2.68. The highest BCUT2D eigenvalue weighted by atomic mass is 79.9. The monoisotopic (exact) mass is 408 g/mol. The number of rotatable bonds is 5. The van der Waals surface area contributed by atoms with Crippen molar-refractivity contribution in [3.8, 4) is 5.75 Å². The highest BCUT2D eigenvalue weighted by Crippen LogP contribution is 2.60. The van der Waals surface area contributed by atoms with E-state index in [1.54, 1.807) is 31.4 Å². The lowest BCUT2D eigenvalue weighted by molar-refractivity contribution is -0.154. The molecule has 1 heterocycles. The van der Waals surface area contributed by atoms with Gasteiger partial charge in [-0.05, 0) is 36.6 Å². The van der Waals surface area contributed by atoms with Gasteiger partial charge in [-0.25, -0.2) is 0 Å². The van der Waals surface area contributed by atoms with Gasteiger partial charge in [0, 0.05) is 11.5 Å². The van der Waals surface area contributed by atoms with Crippen molar-refractivity contribution in [3.63, 3.8) is 0 Å². The minimum Gasteiger partial charge on any atom is -0.497 e. The van der Waals surface area contributed by atoms with Crippen LogP contribution in [0.3, 0.4) is 0 Å². The molecule has 0 unspecified atom stereocenters. The SMILES string of the molecule is COc1ccc(C(=O)COC(=O)[C@@H]2[C@H]3C[C@H]4[C@H](OC(=O)[C@H]42)[C@H]3Br)cc1. The van der Waals surface area contributed by atoms with E-state index in [1.165, 1.54) is 0 Å². The molecule has 6 atom stereocenters. The van der Waals surface area contributed by atoms with Gasteiger partial charge in [-0.1, -0.05) is 15.9 Å². The lowest BCUT2D eigenvalue weighted by Gasteiger charge is -2.26. The molecule has 2 aliphatic carbocycles. The van der Waals surface area contributed by atoms with Crippen LogP contribution in [-0.4, -0.2) is 42.4 Å². The van der Waals surface area contributed by atoms with Gasteiger partial charge in [-0.3, -0.25) is 14.4 Å². The molecule has 0 amide bonds. The smallest absolute Gasteiger partial charge is 0.310 e. The van der Waals surface area contributed by atoms with Crippen LogP contribution in [0.1, 0.15) is 16.8 Å². The van der Waals surface area contributed by atoms with Crippen molar-refractivity contribution in [2.45, 2.75) is 17.4 Å².